The highest BCUT2D eigenvalue weighted by Gasteiger charge is 2.22. The molecule has 1 aromatic heterocycles. The van der Waals surface area contributed by atoms with Gasteiger partial charge in [0, 0.05) is 36.6 Å². The van der Waals surface area contributed by atoms with Crippen LogP contribution in [0.15, 0.2) is 29.6 Å². The number of aryl methyl sites for hydroxylation is 1. The molecule has 2 heterocycles. The van der Waals surface area contributed by atoms with Gasteiger partial charge in [-0.05, 0) is 37.5 Å². The molecule has 29 heavy (non-hydrogen) atoms. The number of ether oxygens (including phenoxy) is 2. The summed E-state index contributed by atoms with van der Waals surface area (Å²) in [5.41, 5.74) is 1.52. The number of benzene rings is 1. The maximum Gasteiger partial charge on any atom is 0.251 e. The molecule has 158 valence electrons. The number of morpholine rings is 1. The number of nitrogens with zero attached hydrogens (tertiary/aromatic N) is 2. The van der Waals surface area contributed by atoms with E-state index in [2.05, 4.69) is 29.0 Å². The van der Waals surface area contributed by atoms with Crippen molar-refractivity contribution in [3.63, 3.8) is 0 Å². The Morgan fingerprint density at radius 3 is 2.83 bits per heavy atom. The highest BCUT2D eigenvalue weighted by molar-refractivity contribution is 7.09. The first kappa shape index (κ1) is 21.7. The van der Waals surface area contributed by atoms with E-state index >= 15 is 0 Å². The second-order valence-electron chi connectivity index (χ2n) is 7.82. The molecule has 1 saturated heterocycles. The van der Waals surface area contributed by atoms with Crippen molar-refractivity contribution in [2.75, 3.05) is 32.8 Å². The lowest BCUT2D eigenvalue weighted by Crippen LogP contribution is -2.49. The molecule has 0 radical (unpaired) electrons. The van der Waals surface area contributed by atoms with Crippen molar-refractivity contribution >= 4 is 17.2 Å². The van der Waals surface area contributed by atoms with Gasteiger partial charge in [0.1, 0.15) is 12.4 Å². The molecule has 1 aliphatic heterocycles. The van der Waals surface area contributed by atoms with E-state index in [1.54, 1.807) is 17.4 Å². The average Bonchev–Trinajstić information content (AvgIpc) is 3.15. The van der Waals surface area contributed by atoms with Crippen molar-refractivity contribution in [3.8, 4) is 5.75 Å². The third-order valence-corrected chi connectivity index (χ3v) is 5.78. The van der Waals surface area contributed by atoms with Crippen LogP contribution >= 0.6 is 11.3 Å². The first-order valence-corrected chi connectivity index (χ1v) is 11.1. The van der Waals surface area contributed by atoms with E-state index in [4.69, 9.17) is 9.47 Å². The third-order valence-electron chi connectivity index (χ3n) is 4.95. The largest absolute Gasteiger partial charge is 0.487 e. The molecule has 1 unspecified atom stereocenters. The second kappa shape index (κ2) is 10.7. The number of carbonyl (C=O) groups is 1. The minimum atomic E-state index is -0.0676. The molecule has 1 amide bonds. The van der Waals surface area contributed by atoms with Crippen molar-refractivity contribution in [2.24, 2.45) is 5.92 Å². The fraction of sp³-hybridized carbons (Fsp3) is 0.545. The standard InChI is InChI=1S/C22H31N3O3S/c1-16(2)11-20(25-7-9-27-10-8-25)13-23-22(26)18-5-4-6-21(12-18)28-14-19-15-29-17(3)24-19/h4-6,12,15-16,20H,7-11,13-14H2,1-3H3,(H,23,26). The molecule has 0 saturated carbocycles. The summed E-state index contributed by atoms with van der Waals surface area (Å²) < 4.78 is 11.3. The summed E-state index contributed by atoms with van der Waals surface area (Å²) in [5.74, 6) is 1.18. The summed E-state index contributed by atoms with van der Waals surface area (Å²) in [7, 11) is 0. The molecule has 1 aromatic carbocycles. The van der Waals surface area contributed by atoms with Gasteiger partial charge in [0.15, 0.2) is 0 Å². The van der Waals surface area contributed by atoms with Crippen molar-refractivity contribution in [1.29, 1.82) is 0 Å². The van der Waals surface area contributed by atoms with Gasteiger partial charge in [0.2, 0.25) is 0 Å². The lowest BCUT2D eigenvalue weighted by molar-refractivity contribution is 0.0124. The number of rotatable bonds is 9. The number of nitrogens with one attached hydrogen (secondary N) is 1. The van der Waals surface area contributed by atoms with Gasteiger partial charge in [-0.25, -0.2) is 4.98 Å². The fourth-order valence-corrected chi connectivity index (χ4v) is 4.12. The topological polar surface area (TPSA) is 63.7 Å². The van der Waals surface area contributed by atoms with E-state index in [0.717, 1.165) is 43.4 Å². The molecule has 0 bridgehead atoms. The Balaban J connectivity index is 1.55. The highest BCUT2D eigenvalue weighted by atomic mass is 32.1. The van der Waals surface area contributed by atoms with Gasteiger partial charge < -0.3 is 14.8 Å². The van der Waals surface area contributed by atoms with Crippen molar-refractivity contribution in [1.82, 2.24) is 15.2 Å². The molecular formula is C22H31N3O3S. The minimum Gasteiger partial charge on any atom is -0.487 e. The van der Waals surface area contributed by atoms with Crippen LogP contribution in [-0.4, -0.2) is 54.7 Å². The normalized spacial score (nSPS) is 16.0. The van der Waals surface area contributed by atoms with Crippen LogP contribution in [0.1, 0.15) is 41.3 Å². The molecule has 0 aliphatic carbocycles. The fourth-order valence-electron chi connectivity index (χ4n) is 3.52. The zero-order chi connectivity index (χ0) is 20.6. The van der Waals surface area contributed by atoms with Crippen LogP contribution in [0.2, 0.25) is 0 Å². The molecule has 6 nitrogen and oxygen atoms in total. The first-order chi connectivity index (χ1) is 14.0. The summed E-state index contributed by atoms with van der Waals surface area (Å²) in [6.07, 6.45) is 1.05. The summed E-state index contributed by atoms with van der Waals surface area (Å²) in [4.78, 5) is 19.6. The predicted octanol–water partition coefficient (Wildman–Crippen LogP) is 3.51. The molecule has 2 aromatic rings. The van der Waals surface area contributed by atoms with Gasteiger partial charge in [-0.2, -0.15) is 0 Å². The van der Waals surface area contributed by atoms with Gasteiger partial charge in [-0.3, -0.25) is 9.69 Å². The third kappa shape index (κ3) is 6.80. The molecule has 0 spiro atoms. The van der Waals surface area contributed by atoms with Crippen LogP contribution in [-0.2, 0) is 11.3 Å². The molecular weight excluding hydrogens is 386 g/mol. The van der Waals surface area contributed by atoms with Gasteiger partial charge in [0.05, 0.1) is 23.9 Å². The van der Waals surface area contributed by atoms with Gasteiger partial charge in [-0.1, -0.05) is 19.9 Å². The Kier molecular flexibility index (Phi) is 8.03. The number of aromatic nitrogens is 1. The van der Waals surface area contributed by atoms with E-state index in [0.29, 0.717) is 36.4 Å². The lowest BCUT2D eigenvalue weighted by atomic mass is 10.0. The number of hydrogen-bond acceptors (Lipinski definition) is 6. The molecule has 7 heteroatoms. The zero-order valence-corrected chi connectivity index (χ0v) is 18.3. The van der Waals surface area contributed by atoms with E-state index in [9.17, 15) is 4.79 Å². The summed E-state index contributed by atoms with van der Waals surface area (Å²) in [5, 5.41) is 6.13. The summed E-state index contributed by atoms with van der Waals surface area (Å²) >= 11 is 1.61. The van der Waals surface area contributed by atoms with Gasteiger partial charge >= 0.3 is 0 Å². The summed E-state index contributed by atoms with van der Waals surface area (Å²) in [6.45, 7) is 10.8. The zero-order valence-electron chi connectivity index (χ0n) is 17.5. The maximum absolute atomic E-state index is 12.7. The summed E-state index contributed by atoms with van der Waals surface area (Å²) in [6, 6.07) is 7.66. The van der Waals surface area contributed by atoms with Crippen LogP contribution in [0, 0.1) is 12.8 Å². The molecule has 1 fully saturated rings. The molecule has 1 aliphatic rings. The number of carbonyl (C=O) groups excluding carboxylic acids is 1. The van der Waals surface area contributed by atoms with Gasteiger partial charge in [0.25, 0.3) is 5.91 Å². The monoisotopic (exact) mass is 417 g/mol. The van der Waals surface area contributed by atoms with Gasteiger partial charge in [-0.15, -0.1) is 11.3 Å². The van der Waals surface area contributed by atoms with E-state index in [1.165, 1.54) is 0 Å². The molecule has 3 rings (SSSR count). The average molecular weight is 418 g/mol. The van der Waals surface area contributed by atoms with Crippen LogP contribution < -0.4 is 10.1 Å². The molecule has 1 N–H and O–H groups in total. The molecule has 1 atom stereocenters. The van der Waals surface area contributed by atoms with Crippen molar-refractivity contribution in [2.45, 2.75) is 39.8 Å². The first-order valence-electron chi connectivity index (χ1n) is 10.2. The van der Waals surface area contributed by atoms with Crippen LogP contribution in [0.25, 0.3) is 0 Å². The second-order valence-corrected chi connectivity index (χ2v) is 8.88. The SMILES string of the molecule is Cc1nc(COc2cccc(C(=O)NCC(CC(C)C)N3CCOCC3)c2)cs1. The van der Waals surface area contributed by atoms with E-state index in [1.807, 2.05) is 30.5 Å². The quantitative estimate of drug-likeness (QED) is 0.676. The maximum atomic E-state index is 12.7. The lowest BCUT2D eigenvalue weighted by Gasteiger charge is -2.35. The highest BCUT2D eigenvalue weighted by Crippen LogP contribution is 2.17. The van der Waals surface area contributed by atoms with Crippen molar-refractivity contribution < 1.29 is 14.3 Å². The van der Waals surface area contributed by atoms with E-state index in [-0.39, 0.29) is 5.91 Å². The Hall–Kier alpha value is -1.96. The van der Waals surface area contributed by atoms with Crippen molar-refractivity contribution in [3.05, 3.63) is 45.9 Å². The predicted molar refractivity (Wildman–Crippen MR) is 116 cm³/mol. The number of hydrogen-bond donors (Lipinski definition) is 1. The van der Waals surface area contributed by atoms with Crippen LogP contribution in [0.4, 0.5) is 0 Å². The number of thiazole rings is 1. The van der Waals surface area contributed by atoms with Crippen LogP contribution in [0.5, 0.6) is 5.75 Å². The number of amides is 1. The smallest absolute Gasteiger partial charge is 0.251 e. The van der Waals surface area contributed by atoms with E-state index < -0.39 is 0 Å². The Morgan fingerprint density at radius 1 is 1.34 bits per heavy atom. The van der Waals surface area contributed by atoms with Crippen LogP contribution in [0.3, 0.4) is 0 Å². The Morgan fingerprint density at radius 2 is 2.14 bits per heavy atom. The Labute approximate surface area is 177 Å². The minimum absolute atomic E-state index is 0.0676. The Bertz CT molecular complexity index is 787.